The molecule has 0 unspecified atom stereocenters. The first-order valence-electron chi connectivity index (χ1n) is 10.9. The molecule has 8 nitrogen and oxygen atoms in total. The number of hydrogen-bond acceptors (Lipinski definition) is 6. The molecule has 0 atom stereocenters. The molecule has 4 rings (SSSR count). The van der Waals surface area contributed by atoms with Crippen LogP contribution in [-0.4, -0.2) is 31.0 Å². The Balaban J connectivity index is 1.43. The summed E-state index contributed by atoms with van der Waals surface area (Å²) in [7, 11) is 3.01. The zero-order chi connectivity index (χ0) is 26.4. The number of pyridine rings is 1. The van der Waals surface area contributed by atoms with Crippen LogP contribution in [0.1, 0.15) is 0 Å². The van der Waals surface area contributed by atoms with Crippen molar-refractivity contribution < 1.29 is 32.6 Å². The minimum Gasteiger partial charge on any atom is -0.493 e. The number of nitrogens with zero attached hydrogens (tertiary/aromatic N) is 1. The maximum Gasteiger partial charge on any atom is 0.248 e. The predicted molar refractivity (Wildman–Crippen MR) is 134 cm³/mol. The van der Waals surface area contributed by atoms with Crippen molar-refractivity contribution in [1.29, 1.82) is 0 Å². The lowest BCUT2D eigenvalue weighted by Gasteiger charge is -2.13. The first-order valence-corrected chi connectivity index (χ1v) is 10.9. The summed E-state index contributed by atoms with van der Waals surface area (Å²) >= 11 is 0. The zero-order valence-electron chi connectivity index (χ0n) is 19.7. The standard InChI is InChI=1S/C27H21F2N3O5/c1-35-24-14-19-21(15-25(24)36-2)30-12-11-22(19)37-23-8-7-18(13-20(23)29)32-27(34)10-9-26(33)31-17-5-3-16(28)4-6-17/h3-15H,1-2H3,(H,31,33)(H,32,34)/b10-9+. The van der Waals surface area contributed by atoms with Gasteiger partial charge in [-0.1, -0.05) is 0 Å². The quantitative estimate of drug-likeness (QED) is 0.309. The second-order valence-corrected chi connectivity index (χ2v) is 7.60. The molecule has 2 N–H and O–H groups in total. The molecular weight excluding hydrogens is 484 g/mol. The normalized spacial score (nSPS) is 10.8. The third-order valence-corrected chi connectivity index (χ3v) is 5.12. The van der Waals surface area contributed by atoms with E-state index in [9.17, 15) is 18.4 Å². The molecular formula is C27H21F2N3O5. The lowest BCUT2D eigenvalue weighted by atomic mass is 10.2. The summed E-state index contributed by atoms with van der Waals surface area (Å²) < 4.78 is 44.1. The number of carbonyl (C=O) groups excluding carboxylic acids is 2. The van der Waals surface area contributed by atoms with Gasteiger partial charge in [0, 0.05) is 47.2 Å². The first-order chi connectivity index (χ1) is 17.9. The van der Waals surface area contributed by atoms with E-state index in [1.165, 1.54) is 56.8 Å². The van der Waals surface area contributed by atoms with Gasteiger partial charge in [0.25, 0.3) is 0 Å². The molecule has 0 saturated carbocycles. The van der Waals surface area contributed by atoms with E-state index in [1.807, 2.05) is 0 Å². The van der Waals surface area contributed by atoms with Crippen molar-refractivity contribution in [3.8, 4) is 23.0 Å². The molecule has 0 aliphatic carbocycles. The van der Waals surface area contributed by atoms with Crippen LogP contribution < -0.4 is 24.8 Å². The average molecular weight is 505 g/mol. The molecule has 4 aromatic rings. The molecule has 1 heterocycles. The van der Waals surface area contributed by atoms with Gasteiger partial charge in [-0.2, -0.15) is 0 Å². The van der Waals surface area contributed by atoms with Gasteiger partial charge >= 0.3 is 0 Å². The van der Waals surface area contributed by atoms with Gasteiger partial charge < -0.3 is 24.8 Å². The fourth-order valence-corrected chi connectivity index (χ4v) is 3.37. The Hall–Kier alpha value is -4.99. The van der Waals surface area contributed by atoms with Crippen molar-refractivity contribution in [2.24, 2.45) is 0 Å². The molecule has 10 heteroatoms. The molecule has 0 spiro atoms. The van der Waals surface area contributed by atoms with Gasteiger partial charge in [0.2, 0.25) is 11.8 Å². The van der Waals surface area contributed by atoms with Gasteiger partial charge in [-0.05, 0) is 48.5 Å². The molecule has 0 aliphatic heterocycles. The molecule has 3 aromatic carbocycles. The highest BCUT2D eigenvalue weighted by atomic mass is 19.1. The number of methoxy groups -OCH3 is 2. The Morgan fingerprint density at radius 2 is 1.38 bits per heavy atom. The Morgan fingerprint density at radius 1 is 0.757 bits per heavy atom. The fourth-order valence-electron chi connectivity index (χ4n) is 3.37. The minimum absolute atomic E-state index is 0.0745. The number of nitrogens with one attached hydrogen (secondary N) is 2. The van der Waals surface area contributed by atoms with Crippen molar-refractivity contribution >= 4 is 34.1 Å². The van der Waals surface area contributed by atoms with Crippen LogP contribution in [0.4, 0.5) is 20.2 Å². The summed E-state index contributed by atoms with van der Waals surface area (Å²) in [6, 6.07) is 14.0. The van der Waals surface area contributed by atoms with E-state index in [0.29, 0.717) is 33.8 Å². The summed E-state index contributed by atoms with van der Waals surface area (Å²) in [4.78, 5) is 28.4. The van der Waals surface area contributed by atoms with E-state index in [0.717, 1.165) is 18.2 Å². The summed E-state index contributed by atoms with van der Waals surface area (Å²) in [5.41, 5.74) is 1.09. The molecule has 0 fully saturated rings. The van der Waals surface area contributed by atoms with E-state index in [-0.39, 0.29) is 11.4 Å². The second-order valence-electron chi connectivity index (χ2n) is 7.60. The Morgan fingerprint density at radius 3 is 2.03 bits per heavy atom. The Labute approximate surface area is 210 Å². The number of anilines is 2. The van der Waals surface area contributed by atoms with E-state index in [1.54, 1.807) is 18.2 Å². The first kappa shape index (κ1) is 25.1. The molecule has 188 valence electrons. The van der Waals surface area contributed by atoms with Crippen molar-refractivity contribution in [1.82, 2.24) is 4.98 Å². The number of rotatable bonds is 8. The largest absolute Gasteiger partial charge is 0.493 e. The highest BCUT2D eigenvalue weighted by Gasteiger charge is 2.13. The molecule has 37 heavy (non-hydrogen) atoms. The molecule has 0 radical (unpaired) electrons. The topological polar surface area (TPSA) is 98.8 Å². The summed E-state index contributed by atoms with van der Waals surface area (Å²) in [6.45, 7) is 0. The fraction of sp³-hybridized carbons (Fsp3) is 0.0741. The number of amides is 2. The number of halogens is 2. The van der Waals surface area contributed by atoms with Crippen molar-refractivity contribution in [2.45, 2.75) is 0 Å². The molecule has 0 aliphatic rings. The number of ether oxygens (including phenoxy) is 3. The van der Waals surface area contributed by atoms with Gasteiger partial charge in [-0.25, -0.2) is 8.78 Å². The van der Waals surface area contributed by atoms with Crippen LogP contribution in [0, 0.1) is 11.6 Å². The maximum absolute atomic E-state index is 14.8. The van der Waals surface area contributed by atoms with Crippen LogP contribution in [0.15, 0.2) is 79.0 Å². The van der Waals surface area contributed by atoms with E-state index in [2.05, 4.69) is 15.6 Å². The van der Waals surface area contributed by atoms with E-state index >= 15 is 0 Å². The van der Waals surface area contributed by atoms with Crippen LogP contribution >= 0.6 is 0 Å². The number of fused-ring (bicyclic) bond motifs is 1. The summed E-state index contributed by atoms with van der Waals surface area (Å²) in [5.74, 6) is -1.17. The smallest absolute Gasteiger partial charge is 0.248 e. The van der Waals surface area contributed by atoms with Gasteiger partial charge in [0.05, 0.1) is 19.7 Å². The van der Waals surface area contributed by atoms with Crippen molar-refractivity contribution in [2.75, 3.05) is 24.9 Å². The van der Waals surface area contributed by atoms with Crippen LogP contribution in [0.3, 0.4) is 0 Å². The zero-order valence-corrected chi connectivity index (χ0v) is 19.7. The lowest BCUT2D eigenvalue weighted by molar-refractivity contribution is -0.114. The third-order valence-electron chi connectivity index (χ3n) is 5.12. The van der Waals surface area contributed by atoms with Gasteiger partial charge in [-0.15, -0.1) is 0 Å². The molecule has 0 saturated heterocycles. The monoisotopic (exact) mass is 505 g/mol. The van der Waals surface area contributed by atoms with Crippen LogP contribution in [-0.2, 0) is 9.59 Å². The van der Waals surface area contributed by atoms with Gasteiger partial charge in [0.1, 0.15) is 11.6 Å². The second kappa shape index (κ2) is 11.2. The Kier molecular flexibility index (Phi) is 7.58. The Bertz CT molecular complexity index is 1490. The minimum atomic E-state index is -0.721. The highest BCUT2D eigenvalue weighted by molar-refractivity contribution is 6.06. The summed E-state index contributed by atoms with van der Waals surface area (Å²) in [5, 5.41) is 5.54. The summed E-state index contributed by atoms with van der Waals surface area (Å²) in [6.07, 6.45) is 3.52. The van der Waals surface area contributed by atoms with Crippen LogP contribution in [0.5, 0.6) is 23.0 Å². The predicted octanol–water partition coefficient (Wildman–Crippen LogP) is 5.46. The van der Waals surface area contributed by atoms with Gasteiger partial charge in [0.15, 0.2) is 23.1 Å². The number of aromatic nitrogens is 1. The van der Waals surface area contributed by atoms with Crippen molar-refractivity contribution in [3.63, 3.8) is 0 Å². The van der Waals surface area contributed by atoms with E-state index in [4.69, 9.17) is 14.2 Å². The highest BCUT2D eigenvalue weighted by Crippen LogP contribution is 2.37. The number of carbonyl (C=O) groups is 2. The van der Waals surface area contributed by atoms with E-state index < -0.39 is 23.4 Å². The van der Waals surface area contributed by atoms with Crippen LogP contribution in [0.2, 0.25) is 0 Å². The molecule has 0 bridgehead atoms. The average Bonchev–Trinajstić information content (AvgIpc) is 2.89. The molecule has 2 amide bonds. The number of benzene rings is 3. The third kappa shape index (κ3) is 6.17. The number of hydrogen-bond donors (Lipinski definition) is 2. The lowest BCUT2D eigenvalue weighted by Crippen LogP contribution is -2.12. The maximum atomic E-state index is 14.8. The van der Waals surface area contributed by atoms with Gasteiger partial charge in [-0.3, -0.25) is 14.6 Å². The molecule has 1 aromatic heterocycles. The van der Waals surface area contributed by atoms with Crippen LogP contribution in [0.25, 0.3) is 10.9 Å². The SMILES string of the molecule is COc1cc2nccc(Oc3ccc(NC(=O)/C=C/C(=O)Nc4ccc(F)cc4)cc3F)c2cc1OC. The van der Waals surface area contributed by atoms with Crippen molar-refractivity contribution in [3.05, 3.63) is 90.6 Å².